The highest BCUT2D eigenvalue weighted by molar-refractivity contribution is 5.74. The fourth-order valence-corrected chi connectivity index (χ4v) is 2.18. The summed E-state index contributed by atoms with van der Waals surface area (Å²) >= 11 is 0. The second kappa shape index (κ2) is 5.28. The molecule has 0 radical (unpaired) electrons. The molecule has 19 heavy (non-hydrogen) atoms. The molecule has 0 bridgehead atoms. The number of hydrogen-bond donors (Lipinski definition) is 1. The average molecular weight is 255 g/mol. The van der Waals surface area contributed by atoms with Crippen LogP contribution in [0, 0.1) is 0 Å². The van der Waals surface area contributed by atoms with E-state index in [1.54, 1.807) is 0 Å². The van der Waals surface area contributed by atoms with Crippen molar-refractivity contribution in [3.8, 4) is 0 Å². The van der Waals surface area contributed by atoms with Crippen molar-refractivity contribution >= 4 is 11.0 Å². The van der Waals surface area contributed by atoms with Crippen molar-refractivity contribution in [1.29, 1.82) is 0 Å². The van der Waals surface area contributed by atoms with E-state index in [4.69, 9.17) is 4.42 Å². The number of aromatic nitrogens is 2. The zero-order valence-electron chi connectivity index (χ0n) is 11.0. The van der Waals surface area contributed by atoms with Crippen LogP contribution < -0.4 is 5.32 Å². The van der Waals surface area contributed by atoms with Gasteiger partial charge in [0.15, 0.2) is 0 Å². The largest absolute Gasteiger partial charge is 0.467 e. The first kappa shape index (κ1) is 12.0. The summed E-state index contributed by atoms with van der Waals surface area (Å²) in [6.45, 7) is 4.63. The van der Waals surface area contributed by atoms with Gasteiger partial charge in [-0.1, -0.05) is 19.1 Å². The van der Waals surface area contributed by atoms with E-state index in [-0.39, 0.29) is 0 Å². The van der Waals surface area contributed by atoms with Crippen molar-refractivity contribution in [2.24, 2.45) is 0 Å². The summed E-state index contributed by atoms with van der Waals surface area (Å²) in [6, 6.07) is 10.2. The summed E-state index contributed by atoms with van der Waals surface area (Å²) in [6.07, 6.45) is 3.67. The Morgan fingerprint density at radius 3 is 3.11 bits per heavy atom. The number of rotatable bonds is 5. The molecule has 0 aliphatic rings. The SMILES string of the molecule is CCNCc1coc(Cn2cnc3ccccc32)c1. The van der Waals surface area contributed by atoms with Gasteiger partial charge in [-0.25, -0.2) is 4.98 Å². The minimum atomic E-state index is 0.715. The first-order valence-electron chi connectivity index (χ1n) is 6.53. The topological polar surface area (TPSA) is 43.0 Å². The monoisotopic (exact) mass is 255 g/mol. The number of nitrogens with zero attached hydrogens (tertiary/aromatic N) is 2. The lowest BCUT2D eigenvalue weighted by Gasteiger charge is -2.00. The molecule has 3 aromatic rings. The van der Waals surface area contributed by atoms with Crippen molar-refractivity contribution in [2.45, 2.75) is 20.0 Å². The maximum absolute atomic E-state index is 5.60. The van der Waals surface area contributed by atoms with E-state index < -0.39 is 0 Å². The molecule has 98 valence electrons. The van der Waals surface area contributed by atoms with Crippen LogP contribution in [0.15, 0.2) is 47.3 Å². The number of benzene rings is 1. The lowest BCUT2D eigenvalue weighted by Crippen LogP contribution is -2.10. The predicted octanol–water partition coefficient (Wildman–Crippen LogP) is 2.79. The molecule has 0 aliphatic carbocycles. The molecule has 3 rings (SSSR count). The highest BCUT2D eigenvalue weighted by Crippen LogP contribution is 2.15. The third-order valence-electron chi connectivity index (χ3n) is 3.14. The first-order chi connectivity index (χ1) is 9.36. The average Bonchev–Trinajstić information content (AvgIpc) is 3.05. The van der Waals surface area contributed by atoms with Crippen molar-refractivity contribution in [2.75, 3.05) is 6.54 Å². The third-order valence-corrected chi connectivity index (χ3v) is 3.14. The highest BCUT2D eigenvalue weighted by atomic mass is 16.3. The molecule has 0 saturated heterocycles. The van der Waals surface area contributed by atoms with E-state index >= 15 is 0 Å². The summed E-state index contributed by atoms with van der Waals surface area (Å²) in [5, 5.41) is 3.29. The van der Waals surface area contributed by atoms with Crippen LogP contribution >= 0.6 is 0 Å². The van der Waals surface area contributed by atoms with Crippen LogP contribution in [0.5, 0.6) is 0 Å². The van der Waals surface area contributed by atoms with Gasteiger partial charge in [0.1, 0.15) is 5.76 Å². The van der Waals surface area contributed by atoms with Gasteiger partial charge in [0.25, 0.3) is 0 Å². The smallest absolute Gasteiger partial charge is 0.123 e. The molecule has 0 spiro atoms. The summed E-state index contributed by atoms with van der Waals surface area (Å²) in [4.78, 5) is 4.38. The number of fused-ring (bicyclic) bond motifs is 1. The first-order valence-corrected chi connectivity index (χ1v) is 6.53. The van der Waals surface area contributed by atoms with Gasteiger partial charge in [-0.05, 0) is 24.7 Å². The molecule has 4 nitrogen and oxygen atoms in total. The molecule has 2 aromatic heterocycles. The van der Waals surface area contributed by atoms with Gasteiger partial charge in [-0.15, -0.1) is 0 Å². The zero-order chi connectivity index (χ0) is 13.1. The molecule has 0 fully saturated rings. The van der Waals surface area contributed by atoms with E-state index in [0.717, 1.165) is 29.9 Å². The van der Waals surface area contributed by atoms with E-state index in [1.807, 2.05) is 30.8 Å². The molecule has 0 aliphatic heterocycles. The van der Waals surface area contributed by atoms with Gasteiger partial charge in [-0.2, -0.15) is 0 Å². The van der Waals surface area contributed by atoms with E-state index in [2.05, 4.69) is 33.9 Å². The molecule has 0 unspecified atom stereocenters. The Labute approximate surface area is 112 Å². The van der Waals surface area contributed by atoms with Crippen LogP contribution in [0.1, 0.15) is 18.2 Å². The number of furan rings is 1. The van der Waals surface area contributed by atoms with Crippen molar-refractivity contribution in [1.82, 2.24) is 14.9 Å². The van der Waals surface area contributed by atoms with E-state index in [0.29, 0.717) is 6.54 Å². The van der Waals surface area contributed by atoms with Gasteiger partial charge in [0.05, 0.1) is 30.2 Å². The number of imidazole rings is 1. The molecular formula is C15H17N3O. The fourth-order valence-electron chi connectivity index (χ4n) is 2.18. The maximum Gasteiger partial charge on any atom is 0.123 e. The van der Waals surface area contributed by atoms with Crippen molar-refractivity contribution in [3.63, 3.8) is 0 Å². The van der Waals surface area contributed by atoms with Crippen molar-refractivity contribution in [3.05, 3.63) is 54.2 Å². The highest BCUT2D eigenvalue weighted by Gasteiger charge is 2.05. The third kappa shape index (κ3) is 2.53. The van der Waals surface area contributed by atoms with Crippen LogP contribution in [0.4, 0.5) is 0 Å². The molecule has 0 amide bonds. The minimum Gasteiger partial charge on any atom is -0.467 e. The van der Waals surface area contributed by atoms with Gasteiger partial charge < -0.3 is 14.3 Å². The Balaban J connectivity index is 1.79. The summed E-state index contributed by atoms with van der Waals surface area (Å²) in [5.74, 6) is 0.955. The summed E-state index contributed by atoms with van der Waals surface area (Å²) < 4.78 is 7.70. The standard InChI is InChI=1S/C15H17N3O/c1-2-16-8-12-7-13(19-10-12)9-18-11-17-14-5-3-4-6-15(14)18/h3-7,10-11,16H,2,8-9H2,1H3. The number of hydrogen-bond acceptors (Lipinski definition) is 3. The summed E-state index contributed by atoms with van der Waals surface area (Å²) in [5.41, 5.74) is 3.33. The maximum atomic E-state index is 5.60. The Morgan fingerprint density at radius 1 is 1.32 bits per heavy atom. The Bertz CT molecular complexity index is 669. The molecule has 2 heterocycles. The lowest BCUT2D eigenvalue weighted by molar-refractivity contribution is 0.494. The lowest BCUT2D eigenvalue weighted by atomic mass is 10.3. The van der Waals surface area contributed by atoms with Crippen LogP contribution in [-0.4, -0.2) is 16.1 Å². The van der Waals surface area contributed by atoms with Crippen LogP contribution in [0.3, 0.4) is 0 Å². The summed E-state index contributed by atoms with van der Waals surface area (Å²) in [7, 11) is 0. The Kier molecular flexibility index (Phi) is 3.33. The normalized spacial score (nSPS) is 11.2. The Hall–Kier alpha value is -2.07. The quantitative estimate of drug-likeness (QED) is 0.762. The van der Waals surface area contributed by atoms with E-state index in [9.17, 15) is 0 Å². The zero-order valence-corrected chi connectivity index (χ0v) is 11.0. The van der Waals surface area contributed by atoms with Crippen LogP contribution in [-0.2, 0) is 13.1 Å². The van der Waals surface area contributed by atoms with Gasteiger partial charge in [0.2, 0.25) is 0 Å². The number of nitrogens with one attached hydrogen (secondary N) is 1. The predicted molar refractivity (Wildman–Crippen MR) is 74.9 cm³/mol. The van der Waals surface area contributed by atoms with Gasteiger partial charge in [-0.3, -0.25) is 0 Å². The van der Waals surface area contributed by atoms with Crippen molar-refractivity contribution < 1.29 is 4.42 Å². The van der Waals surface area contributed by atoms with E-state index in [1.165, 1.54) is 5.56 Å². The second-order valence-corrected chi connectivity index (χ2v) is 4.56. The molecular weight excluding hydrogens is 238 g/mol. The van der Waals surface area contributed by atoms with Crippen LogP contribution in [0.2, 0.25) is 0 Å². The molecule has 0 atom stereocenters. The van der Waals surface area contributed by atoms with Crippen LogP contribution in [0.25, 0.3) is 11.0 Å². The number of para-hydroxylation sites is 2. The minimum absolute atomic E-state index is 0.715. The molecule has 4 heteroatoms. The molecule has 1 N–H and O–H groups in total. The molecule has 1 aromatic carbocycles. The molecule has 0 saturated carbocycles. The van der Waals surface area contributed by atoms with Gasteiger partial charge in [0, 0.05) is 12.1 Å². The Morgan fingerprint density at radius 2 is 2.21 bits per heavy atom. The second-order valence-electron chi connectivity index (χ2n) is 4.56. The van der Waals surface area contributed by atoms with Gasteiger partial charge >= 0.3 is 0 Å². The fraction of sp³-hybridized carbons (Fsp3) is 0.267.